The van der Waals surface area contributed by atoms with Gasteiger partial charge < -0.3 is 10.6 Å². The summed E-state index contributed by atoms with van der Waals surface area (Å²) in [6.07, 6.45) is 3.49. The highest BCUT2D eigenvalue weighted by atomic mass is 35.5. The predicted octanol–water partition coefficient (Wildman–Crippen LogP) is 3.06. The van der Waals surface area contributed by atoms with Crippen LogP contribution >= 0.6 is 11.6 Å². The Bertz CT molecular complexity index is 860. The number of halogens is 1. The van der Waals surface area contributed by atoms with Crippen molar-refractivity contribution in [2.75, 3.05) is 35.7 Å². The van der Waals surface area contributed by atoms with Gasteiger partial charge in [0.2, 0.25) is 5.95 Å². The average molecular weight is 387 g/mol. The molecule has 2 aliphatic rings. The van der Waals surface area contributed by atoms with Crippen LogP contribution in [0.25, 0.3) is 0 Å². The molecule has 1 aromatic heterocycles. The first-order valence-electron chi connectivity index (χ1n) is 9.11. The molecule has 0 radical (unpaired) electrons. The first-order valence-corrected chi connectivity index (χ1v) is 9.49. The largest absolute Gasteiger partial charge is 0.368 e. The molecule has 0 spiro atoms. The van der Waals surface area contributed by atoms with E-state index in [-0.39, 0.29) is 18.0 Å². The van der Waals surface area contributed by atoms with Gasteiger partial charge in [0.15, 0.2) is 0 Å². The van der Waals surface area contributed by atoms with E-state index in [2.05, 4.69) is 21.9 Å². The van der Waals surface area contributed by atoms with Gasteiger partial charge in [-0.2, -0.15) is 4.98 Å². The van der Waals surface area contributed by atoms with E-state index in [0.717, 1.165) is 42.7 Å². The lowest BCUT2D eigenvalue weighted by Crippen LogP contribution is -2.55. The maximum Gasteiger partial charge on any atom is 0.330 e. The fraction of sp³-hybridized carbons (Fsp3) is 0.421. The number of aryl methyl sites for hydroxylation is 1. The van der Waals surface area contributed by atoms with Crippen molar-refractivity contribution in [3.8, 4) is 0 Å². The van der Waals surface area contributed by atoms with Crippen molar-refractivity contribution in [1.82, 2.24) is 14.9 Å². The summed E-state index contributed by atoms with van der Waals surface area (Å²) in [4.78, 5) is 27.9. The molecule has 0 atom stereocenters. The molecule has 2 aliphatic heterocycles. The highest BCUT2D eigenvalue weighted by Gasteiger charge is 2.39. The number of fused-ring (bicyclic) bond motifs is 1. The monoisotopic (exact) mass is 386 g/mol. The van der Waals surface area contributed by atoms with Gasteiger partial charge in [-0.05, 0) is 51.5 Å². The summed E-state index contributed by atoms with van der Waals surface area (Å²) in [5.41, 5.74) is 8.41. The molecule has 27 heavy (non-hydrogen) atoms. The number of nitrogens with two attached hydrogens (primary N) is 1. The number of benzene rings is 1. The predicted molar refractivity (Wildman–Crippen MR) is 107 cm³/mol. The van der Waals surface area contributed by atoms with Crippen molar-refractivity contribution < 1.29 is 4.79 Å². The molecule has 2 aromatic rings. The minimum absolute atomic E-state index is 0.0762. The third kappa shape index (κ3) is 3.21. The number of para-hydroxylation sites is 1. The van der Waals surface area contributed by atoms with Gasteiger partial charge >= 0.3 is 6.03 Å². The Labute approximate surface area is 163 Å². The number of hydrogen-bond acceptors (Lipinski definition) is 5. The summed E-state index contributed by atoms with van der Waals surface area (Å²) in [5, 5.41) is 0.562. The van der Waals surface area contributed by atoms with E-state index in [4.69, 9.17) is 17.3 Å². The molecule has 0 aliphatic carbocycles. The molecule has 2 N–H and O–H groups in total. The minimum Gasteiger partial charge on any atom is -0.368 e. The van der Waals surface area contributed by atoms with Gasteiger partial charge in [0.05, 0.1) is 17.3 Å². The number of rotatable bonds is 2. The van der Waals surface area contributed by atoms with E-state index in [1.165, 1.54) is 0 Å². The lowest BCUT2D eigenvalue weighted by atomic mass is 10.0. The molecule has 0 saturated carbocycles. The number of hydrogen-bond donors (Lipinski definition) is 1. The highest BCUT2D eigenvalue weighted by molar-refractivity contribution is 6.34. The van der Waals surface area contributed by atoms with Gasteiger partial charge in [0, 0.05) is 17.8 Å². The Kier molecular flexibility index (Phi) is 4.65. The second-order valence-corrected chi connectivity index (χ2v) is 7.66. The molecular formula is C19H23ClN6O. The van der Waals surface area contributed by atoms with Crippen molar-refractivity contribution in [3.05, 3.63) is 40.5 Å². The van der Waals surface area contributed by atoms with E-state index in [1.54, 1.807) is 16.0 Å². The van der Waals surface area contributed by atoms with Crippen LogP contribution in [0.2, 0.25) is 5.02 Å². The van der Waals surface area contributed by atoms with E-state index < -0.39 is 0 Å². The number of amides is 2. The maximum absolute atomic E-state index is 13.6. The number of nitrogen functional groups attached to an aromatic ring is 1. The molecule has 1 saturated heterocycles. The summed E-state index contributed by atoms with van der Waals surface area (Å²) >= 11 is 6.46. The number of nitrogens with zero attached hydrogens (tertiary/aromatic N) is 5. The Hall–Kier alpha value is -2.38. The van der Waals surface area contributed by atoms with Crippen LogP contribution in [-0.4, -0.2) is 47.1 Å². The van der Waals surface area contributed by atoms with Crippen LogP contribution in [0, 0.1) is 6.92 Å². The van der Waals surface area contributed by atoms with Crippen LogP contribution in [0.1, 0.15) is 24.0 Å². The standard InChI is InChI=1S/C19H23ClN6O/c1-12-4-3-5-15(20)16(12)25-11-13-10-22-18(21)23-17(13)26(19(25)27)14-6-8-24(2)9-7-14/h3-5,10,14H,6-9,11H2,1-2H3,(H2,21,22,23). The number of urea groups is 1. The van der Waals surface area contributed by atoms with Gasteiger partial charge in [-0.15, -0.1) is 0 Å². The molecule has 4 rings (SSSR count). The van der Waals surface area contributed by atoms with Gasteiger partial charge in [-0.3, -0.25) is 9.80 Å². The average Bonchev–Trinajstić information content (AvgIpc) is 2.63. The molecule has 2 amide bonds. The summed E-state index contributed by atoms with van der Waals surface area (Å²) in [6.45, 7) is 4.22. The molecule has 142 valence electrons. The number of carbonyl (C=O) groups is 1. The Morgan fingerprint density at radius 3 is 2.70 bits per heavy atom. The quantitative estimate of drug-likeness (QED) is 0.858. The fourth-order valence-corrected chi connectivity index (χ4v) is 4.24. The van der Waals surface area contributed by atoms with Gasteiger partial charge in [-0.1, -0.05) is 23.7 Å². The summed E-state index contributed by atoms with van der Waals surface area (Å²) in [7, 11) is 2.10. The zero-order valence-electron chi connectivity index (χ0n) is 15.5. The number of anilines is 3. The van der Waals surface area contributed by atoms with Crippen LogP contribution in [0.3, 0.4) is 0 Å². The molecule has 7 nitrogen and oxygen atoms in total. The molecule has 1 aromatic carbocycles. The molecule has 0 unspecified atom stereocenters. The van der Waals surface area contributed by atoms with Crippen LogP contribution in [-0.2, 0) is 6.54 Å². The van der Waals surface area contributed by atoms with Gasteiger partial charge in [0.25, 0.3) is 0 Å². The van der Waals surface area contributed by atoms with Gasteiger partial charge in [-0.25, -0.2) is 9.78 Å². The SMILES string of the molecule is Cc1cccc(Cl)c1N1Cc2cnc(N)nc2N(C2CCN(C)CC2)C1=O. The smallest absolute Gasteiger partial charge is 0.330 e. The normalized spacial score (nSPS) is 18.7. The molecule has 8 heteroatoms. The van der Waals surface area contributed by atoms with E-state index in [1.807, 2.05) is 25.1 Å². The second-order valence-electron chi connectivity index (χ2n) is 7.26. The molecule has 0 bridgehead atoms. The Morgan fingerprint density at radius 2 is 2.00 bits per heavy atom. The summed E-state index contributed by atoms with van der Waals surface area (Å²) in [5.74, 6) is 0.810. The van der Waals surface area contributed by atoms with Crippen molar-refractivity contribution >= 4 is 35.1 Å². The van der Waals surface area contributed by atoms with Crippen molar-refractivity contribution in [3.63, 3.8) is 0 Å². The lowest BCUT2D eigenvalue weighted by Gasteiger charge is -2.43. The topological polar surface area (TPSA) is 78.6 Å². The third-order valence-corrected chi connectivity index (χ3v) is 5.67. The zero-order valence-corrected chi connectivity index (χ0v) is 16.3. The number of piperidine rings is 1. The van der Waals surface area contributed by atoms with Crippen molar-refractivity contribution in [1.29, 1.82) is 0 Å². The zero-order chi connectivity index (χ0) is 19.1. The highest BCUT2D eigenvalue weighted by Crippen LogP contribution is 2.38. The molecule has 3 heterocycles. The molecule has 1 fully saturated rings. The van der Waals surface area contributed by atoms with Crippen LogP contribution in [0.4, 0.5) is 22.2 Å². The first kappa shape index (κ1) is 18.0. The van der Waals surface area contributed by atoms with Crippen molar-refractivity contribution in [2.45, 2.75) is 32.4 Å². The Balaban J connectivity index is 1.79. The summed E-state index contributed by atoms with van der Waals surface area (Å²) in [6, 6.07) is 5.64. The maximum atomic E-state index is 13.6. The van der Waals surface area contributed by atoms with Crippen LogP contribution in [0.15, 0.2) is 24.4 Å². The summed E-state index contributed by atoms with van der Waals surface area (Å²) < 4.78 is 0. The second kappa shape index (κ2) is 6.98. The third-order valence-electron chi connectivity index (χ3n) is 5.37. The fourth-order valence-electron chi connectivity index (χ4n) is 3.91. The van der Waals surface area contributed by atoms with Crippen LogP contribution in [0.5, 0.6) is 0 Å². The number of carbonyl (C=O) groups excluding carboxylic acids is 1. The molecular weight excluding hydrogens is 364 g/mol. The number of likely N-dealkylation sites (tertiary alicyclic amines) is 1. The minimum atomic E-state index is -0.105. The number of aromatic nitrogens is 2. The lowest BCUT2D eigenvalue weighted by molar-refractivity contribution is 0.228. The van der Waals surface area contributed by atoms with E-state index >= 15 is 0 Å². The Morgan fingerprint density at radius 1 is 1.26 bits per heavy atom. The first-order chi connectivity index (χ1) is 13.0. The van der Waals surface area contributed by atoms with E-state index in [0.29, 0.717) is 17.4 Å². The van der Waals surface area contributed by atoms with Crippen LogP contribution < -0.4 is 15.5 Å². The van der Waals surface area contributed by atoms with Crippen molar-refractivity contribution in [2.24, 2.45) is 0 Å². The van der Waals surface area contributed by atoms with E-state index in [9.17, 15) is 4.79 Å². The van der Waals surface area contributed by atoms with Gasteiger partial charge in [0.1, 0.15) is 5.82 Å².